The van der Waals surface area contributed by atoms with E-state index in [0.29, 0.717) is 12.1 Å². The SMILES string of the molecule is CN(C)C1(CNc2cc3c(cc2N)NC(=O)CC3)CCC1. The lowest BCUT2D eigenvalue weighted by Crippen LogP contribution is -2.54. The second-order valence-electron chi connectivity index (χ2n) is 6.47. The van der Waals surface area contributed by atoms with E-state index in [4.69, 9.17) is 5.73 Å². The minimum atomic E-state index is 0.0728. The van der Waals surface area contributed by atoms with Crippen LogP contribution in [0.1, 0.15) is 31.2 Å². The van der Waals surface area contributed by atoms with Gasteiger partial charge in [0, 0.05) is 24.2 Å². The van der Waals surface area contributed by atoms with Crippen LogP contribution in [0.5, 0.6) is 0 Å². The molecular weight excluding hydrogens is 264 g/mol. The number of aryl methyl sites for hydroxylation is 1. The topological polar surface area (TPSA) is 70.4 Å². The van der Waals surface area contributed by atoms with Crippen molar-refractivity contribution in [1.29, 1.82) is 0 Å². The first-order chi connectivity index (χ1) is 10.00. The highest BCUT2D eigenvalue weighted by atomic mass is 16.1. The maximum atomic E-state index is 11.4. The van der Waals surface area contributed by atoms with Gasteiger partial charge in [-0.1, -0.05) is 0 Å². The molecule has 1 fully saturated rings. The third kappa shape index (κ3) is 2.58. The van der Waals surface area contributed by atoms with Gasteiger partial charge in [0.1, 0.15) is 0 Å². The second-order valence-corrected chi connectivity index (χ2v) is 6.47. The number of nitrogens with zero attached hydrogens (tertiary/aromatic N) is 1. The minimum Gasteiger partial charge on any atom is -0.397 e. The molecule has 0 unspecified atom stereocenters. The summed E-state index contributed by atoms with van der Waals surface area (Å²) in [7, 11) is 4.29. The van der Waals surface area contributed by atoms with Crippen molar-refractivity contribution in [3.63, 3.8) is 0 Å². The van der Waals surface area contributed by atoms with Crippen molar-refractivity contribution in [2.45, 2.75) is 37.6 Å². The zero-order chi connectivity index (χ0) is 15.0. The van der Waals surface area contributed by atoms with Crippen molar-refractivity contribution in [3.8, 4) is 0 Å². The highest BCUT2D eigenvalue weighted by molar-refractivity contribution is 5.95. The number of nitrogens with two attached hydrogens (primary N) is 1. The Morgan fingerprint density at radius 2 is 2.10 bits per heavy atom. The number of amides is 1. The summed E-state index contributed by atoms with van der Waals surface area (Å²) in [5.41, 5.74) is 10.1. The van der Waals surface area contributed by atoms with Gasteiger partial charge in [0.2, 0.25) is 5.91 Å². The third-order valence-corrected chi connectivity index (χ3v) is 5.01. The van der Waals surface area contributed by atoms with Crippen LogP contribution in [-0.4, -0.2) is 37.0 Å². The minimum absolute atomic E-state index is 0.0728. The number of carbonyl (C=O) groups excluding carboxylic acids is 1. The van der Waals surface area contributed by atoms with Crippen molar-refractivity contribution in [1.82, 2.24) is 4.90 Å². The molecule has 3 rings (SSSR count). The molecule has 0 spiro atoms. The zero-order valence-corrected chi connectivity index (χ0v) is 12.8. The fraction of sp³-hybridized carbons (Fsp3) is 0.562. The Labute approximate surface area is 125 Å². The van der Waals surface area contributed by atoms with E-state index >= 15 is 0 Å². The van der Waals surface area contributed by atoms with Crippen molar-refractivity contribution < 1.29 is 4.79 Å². The zero-order valence-electron chi connectivity index (χ0n) is 12.8. The van der Waals surface area contributed by atoms with Crippen molar-refractivity contribution in [2.75, 3.05) is 37.0 Å². The van der Waals surface area contributed by atoms with Crippen molar-refractivity contribution in [2.24, 2.45) is 0 Å². The molecule has 5 heteroatoms. The summed E-state index contributed by atoms with van der Waals surface area (Å²) in [5, 5.41) is 6.40. The van der Waals surface area contributed by atoms with E-state index < -0.39 is 0 Å². The number of carbonyl (C=O) groups is 1. The van der Waals surface area contributed by atoms with E-state index in [1.807, 2.05) is 6.07 Å². The number of hydrogen-bond acceptors (Lipinski definition) is 4. The molecule has 0 bridgehead atoms. The van der Waals surface area contributed by atoms with Gasteiger partial charge in [-0.3, -0.25) is 4.79 Å². The molecule has 0 saturated heterocycles. The first-order valence-electron chi connectivity index (χ1n) is 7.64. The van der Waals surface area contributed by atoms with E-state index in [0.717, 1.165) is 24.3 Å². The van der Waals surface area contributed by atoms with E-state index in [1.54, 1.807) is 0 Å². The van der Waals surface area contributed by atoms with E-state index in [2.05, 4.69) is 35.7 Å². The van der Waals surface area contributed by atoms with Gasteiger partial charge in [-0.2, -0.15) is 0 Å². The lowest BCUT2D eigenvalue weighted by atomic mass is 9.75. The second kappa shape index (κ2) is 5.22. The third-order valence-electron chi connectivity index (χ3n) is 5.01. The van der Waals surface area contributed by atoms with E-state index in [-0.39, 0.29) is 11.4 Å². The van der Waals surface area contributed by atoms with Gasteiger partial charge in [-0.05, 0) is 57.5 Å². The molecule has 1 aromatic carbocycles. The average molecular weight is 288 g/mol. The fourth-order valence-electron chi connectivity index (χ4n) is 3.23. The Morgan fingerprint density at radius 1 is 1.33 bits per heavy atom. The molecule has 1 aliphatic heterocycles. The molecule has 0 atom stereocenters. The number of rotatable bonds is 4. The molecule has 1 aromatic rings. The fourth-order valence-corrected chi connectivity index (χ4v) is 3.23. The molecule has 114 valence electrons. The molecule has 1 aliphatic carbocycles. The number of fused-ring (bicyclic) bond motifs is 1. The van der Waals surface area contributed by atoms with Gasteiger partial charge in [0.15, 0.2) is 0 Å². The summed E-state index contributed by atoms with van der Waals surface area (Å²) in [6, 6.07) is 3.96. The molecule has 1 saturated carbocycles. The van der Waals surface area contributed by atoms with E-state index in [9.17, 15) is 4.79 Å². The molecular formula is C16H24N4O. The maximum Gasteiger partial charge on any atom is 0.224 e. The Balaban J connectivity index is 1.75. The number of nitrogen functional groups attached to an aromatic ring is 1. The summed E-state index contributed by atoms with van der Waals surface area (Å²) in [6.45, 7) is 0.912. The number of likely N-dealkylation sites (N-methyl/N-ethyl adjacent to an activating group) is 1. The summed E-state index contributed by atoms with van der Waals surface area (Å²) >= 11 is 0. The van der Waals surface area contributed by atoms with Gasteiger partial charge in [-0.15, -0.1) is 0 Å². The first kappa shape index (κ1) is 14.2. The number of nitrogens with one attached hydrogen (secondary N) is 2. The smallest absolute Gasteiger partial charge is 0.224 e. The van der Waals surface area contributed by atoms with Crippen LogP contribution < -0.4 is 16.4 Å². The lowest BCUT2D eigenvalue weighted by Gasteiger charge is -2.47. The van der Waals surface area contributed by atoms with Gasteiger partial charge >= 0.3 is 0 Å². The summed E-state index contributed by atoms with van der Waals surface area (Å²) in [5.74, 6) is 0.0728. The number of anilines is 3. The van der Waals surface area contributed by atoms with Crippen molar-refractivity contribution in [3.05, 3.63) is 17.7 Å². The van der Waals surface area contributed by atoms with Crippen LogP contribution >= 0.6 is 0 Å². The molecule has 4 N–H and O–H groups in total. The number of benzene rings is 1. The van der Waals surface area contributed by atoms with Crippen LogP contribution in [0.2, 0.25) is 0 Å². The lowest BCUT2D eigenvalue weighted by molar-refractivity contribution is -0.116. The normalized spacial score (nSPS) is 19.7. The molecule has 0 radical (unpaired) electrons. The summed E-state index contributed by atoms with van der Waals surface area (Å²) in [4.78, 5) is 13.7. The highest BCUT2D eigenvalue weighted by Crippen LogP contribution is 2.37. The van der Waals surface area contributed by atoms with Crippen molar-refractivity contribution >= 4 is 23.0 Å². The predicted molar refractivity (Wildman–Crippen MR) is 86.6 cm³/mol. The largest absolute Gasteiger partial charge is 0.397 e. The Bertz CT molecular complexity index is 564. The highest BCUT2D eigenvalue weighted by Gasteiger charge is 2.38. The van der Waals surface area contributed by atoms with Crippen LogP contribution in [-0.2, 0) is 11.2 Å². The van der Waals surface area contributed by atoms with Crippen LogP contribution in [0, 0.1) is 0 Å². The Kier molecular flexibility index (Phi) is 3.53. The quantitative estimate of drug-likeness (QED) is 0.742. The summed E-state index contributed by atoms with van der Waals surface area (Å²) in [6.07, 6.45) is 5.10. The maximum absolute atomic E-state index is 11.4. The van der Waals surface area contributed by atoms with Crippen LogP contribution in [0.4, 0.5) is 17.1 Å². The van der Waals surface area contributed by atoms with Gasteiger partial charge in [0.05, 0.1) is 11.4 Å². The van der Waals surface area contributed by atoms with Crippen LogP contribution in [0.15, 0.2) is 12.1 Å². The van der Waals surface area contributed by atoms with Crippen LogP contribution in [0.25, 0.3) is 0 Å². The van der Waals surface area contributed by atoms with Gasteiger partial charge in [0.25, 0.3) is 0 Å². The molecule has 2 aliphatic rings. The molecule has 21 heavy (non-hydrogen) atoms. The average Bonchev–Trinajstić information content (AvgIpc) is 2.37. The molecule has 0 aromatic heterocycles. The van der Waals surface area contributed by atoms with Gasteiger partial charge < -0.3 is 21.3 Å². The van der Waals surface area contributed by atoms with Crippen LogP contribution in [0.3, 0.4) is 0 Å². The van der Waals surface area contributed by atoms with E-state index in [1.165, 1.54) is 24.8 Å². The standard InChI is InChI=1S/C16H24N4O/c1-20(2)16(6-3-7-16)10-18-14-8-11-4-5-15(21)19-13(11)9-12(14)17/h8-9,18H,3-7,10,17H2,1-2H3,(H,19,21). The first-order valence-corrected chi connectivity index (χ1v) is 7.64. The Morgan fingerprint density at radius 3 is 2.71 bits per heavy atom. The van der Waals surface area contributed by atoms with Gasteiger partial charge in [-0.25, -0.2) is 0 Å². The molecule has 1 heterocycles. The predicted octanol–water partition coefficient (Wildman–Crippen LogP) is 2.05. The number of hydrogen-bond donors (Lipinski definition) is 3. The Hall–Kier alpha value is -1.75. The summed E-state index contributed by atoms with van der Waals surface area (Å²) < 4.78 is 0. The molecule has 5 nitrogen and oxygen atoms in total. The monoisotopic (exact) mass is 288 g/mol. The molecule has 1 amide bonds.